The highest BCUT2D eigenvalue weighted by atomic mass is 79.9. The quantitative estimate of drug-likeness (QED) is 0.179. The van der Waals surface area contributed by atoms with E-state index in [4.69, 9.17) is 5.11 Å². The first-order chi connectivity index (χ1) is 11.3. The van der Waals surface area contributed by atoms with Gasteiger partial charge in [-0.2, -0.15) is 0 Å². The lowest BCUT2D eigenvalue weighted by molar-refractivity contribution is -0.150. The Labute approximate surface area is 157 Å². The second kappa shape index (κ2) is 7.66. The molecule has 2 aliphatic rings. The number of amides is 2. The highest BCUT2D eigenvalue weighted by Gasteiger charge is 2.53. The van der Waals surface area contributed by atoms with Crippen LogP contribution in [-0.4, -0.2) is 67.3 Å². The van der Waals surface area contributed by atoms with Crippen LogP contribution in [0.2, 0.25) is 0 Å². The molecule has 2 atom stereocenters. The summed E-state index contributed by atoms with van der Waals surface area (Å²) in [5.74, 6) is -2.94. The number of Topliss-reactive ketones (excluding diaryl/α,β-unsaturated/α-hetero) is 1. The Morgan fingerprint density at radius 3 is 2.71 bits per heavy atom. The van der Waals surface area contributed by atoms with Crippen LogP contribution < -0.4 is 5.32 Å². The fraction of sp³-hybridized carbons (Fsp3) is 0.417. The van der Waals surface area contributed by atoms with Crippen LogP contribution in [0.15, 0.2) is 16.9 Å². The summed E-state index contributed by atoms with van der Waals surface area (Å²) in [5, 5.41) is 14.3. The second-order valence-corrected chi connectivity index (χ2v) is 8.77. The monoisotopic (exact) mass is 483 g/mol. The highest BCUT2D eigenvalue weighted by molar-refractivity contribution is 9.25. The third-order valence-electron chi connectivity index (χ3n) is 3.18. The number of fused-ring (bicyclic) bond motifs is 1. The van der Waals surface area contributed by atoms with Gasteiger partial charge in [-0.1, -0.05) is 37.0 Å². The minimum atomic E-state index is -1.21. The summed E-state index contributed by atoms with van der Waals surface area (Å²) in [6.07, 6.45) is 1.43. The number of thioether (sulfide) groups is 1. The minimum Gasteiger partial charge on any atom is -0.477 e. The van der Waals surface area contributed by atoms with Gasteiger partial charge in [0.25, 0.3) is 11.8 Å². The lowest BCUT2D eigenvalue weighted by atomic mass is 10.0. The average Bonchev–Trinajstić information content (AvgIpc) is 2.55. The Kier molecular flexibility index (Phi) is 6.04. The highest BCUT2D eigenvalue weighted by Crippen LogP contribution is 2.37. The fourth-order valence-electron chi connectivity index (χ4n) is 2.14. The molecule has 0 bridgehead atoms. The van der Waals surface area contributed by atoms with Gasteiger partial charge in [0.2, 0.25) is 11.5 Å². The number of hydrogen-bond acceptors (Lipinski definition) is 7. The number of β-lactam (4-membered cyclic amide) rings is 1. The van der Waals surface area contributed by atoms with Crippen molar-refractivity contribution in [3.63, 3.8) is 0 Å². The molecule has 0 spiro atoms. The molecule has 0 aromatic carbocycles. The van der Waals surface area contributed by atoms with Crippen LogP contribution in [0.25, 0.3) is 0 Å². The van der Waals surface area contributed by atoms with Crippen molar-refractivity contribution in [3.05, 3.63) is 11.8 Å². The van der Waals surface area contributed by atoms with Crippen molar-refractivity contribution in [1.29, 1.82) is 0 Å². The van der Waals surface area contributed by atoms with Crippen molar-refractivity contribution in [1.82, 2.24) is 10.2 Å². The zero-order valence-electron chi connectivity index (χ0n) is 12.1. The molecule has 2 aliphatic heterocycles. The Bertz CT molecular complexity index is 665. The lowest BCUT2D eigenvalue weighted by Crippen LogP contribution is -2.70. The maximum atomic E-state index is 12.2. The molecule has 1 fully saturated rings. The zero-order chi connectivity index (χ0) is 18.0. The normalized spacial score (nSPS) is 23.2. The van der Waals surface area contributed by atoms with E-state index >= 15 is 0 Å². The molecule has 2 rings (SSSR count). The maximum Gasteiger partial charge on any atom is 0.352 e. The number of ketones is 1. The minimum absolute atomic E-state index is 0.114. The van der Waals surface area contributed by atoms with Crippen molar-refractivity contribution in [2.45, 2.75) is 15.2 Å². The van der Waals surface area contributed by atoms with E-state index in [-0.39, 0.29) is 5.70 Å². The van der Waals surface area contributed by atoms with E-state index in [2.05, 4.69) is 47.2 Å². The third-order valence-corrected chi connectivity index (χ3v) is 5.20. The average molecular weight is 485 g/mol. The molecule has 12 heteroatoms. The Balaban J connectivity index is 2.12. The summed E-state index contributed by atoms with van der Waals surface area (Å²) in [4.78, 5) is 53.0. The number of oxime groups is 1. The molecule has 0 aromatic heterocycles. The van der Waals surface area contributed by atoms with Gasteiger partial charge < -0.3 is 15.3 Å². The summed E-state index contributed by atoms with van der Waals surface area (Å²) >= 11 is 7.24. The van der Waals surface area contributed by atoms with Gasteiger partial charge in [0.1, 0.15) is 28.0 Å². The summed E-state index contributed by atoms with van der Waals surface area (Å²) in [7, 11) is 1.18. The molecule has 0 saturated carbocycles. The zero-order valence-corrected chi connectivity index (χ0v) is 16.1. The molecule has 9 nitrogen and oxygen atoms in total. The molecule has 0 aromatic rings. The molecule has 0 aliphatic carbocycles. The molecule has 2 amide bonds. The van der Waals surface area contributed by atoms with Gasteiger partial charge in [-0.05, 0) is 6.08 Å². The molecule has 2 heterocycles. The van der Waals surface area contributed by atoms with Gasteiger partial charge in [0, 0.05) is 5.75 Å². The standard InChI is InChI=1S/C12H11Br2N3O6S/c1-23-16-5(7(18)8(13)14)9(19)15-6-10(20)17-4(12(21)22)2-3-24-11(6)17/h2,6,8,11H,3H2,1H3,(H,15,19)(H,21,22)/t6?,11-/m0/s1. The lowest BCUT2D eigenvalue weighted by Gasteiger charge is -2.48. The molecular formula is C12H11Br2N3O6S. The van der Waals surface area contributed by atoms with Crippen LogP contribution >= 0.6 is 43.6 Å². The number of nitrogens with one attached hydrogen (secondary N) is 1. The number of carboxylic acids is 1. The summed E-state index contributed by atoms with van der Waals surface area (Å²) in [6, 6.07) is -0.940. The molecule has 130 valence electrons. The number of carboxylic acid groups (broad SMARTS) is 1. The van der Waals surface area contributed by atoms with E-state index in [0.717, 1.165) is 4.90 Å². The number of halogens is 2. The first kappa shape index (κ1) is 18.9. The number of carbonyl (C=O) groups excluding carboxylic acids is 3. The smallest absolute Gasteiger partial charge is 0.352 e. The molecule has 24 heavy (non-hydrogen) atoms. The van der Waals surface area contributed by atoms with Gasteiger partial charge in [-0.25, -0.2) is 4.79 Å². The topological polar surface area (TPSA) is 125 Å². The van der Waals surface area contributed by atoms with E-state index < -0.39 is 44.4 Å². The number of hydrogen-bond donors (Lipinski definition) is 2. The number of alkyl halides is 2. The van der Waals surface area contributed by atoms with Crippen LogP contribution in [0, 0.1) is 0 Å². The van der Waals surface area contributed by atoms with Gasteiger partial charge in [-0.15, -0.1) is 11.8 Å². The Hall–Kier alpha value is -1.40. The summed E-state index contributed by atoms with van der Waals surface area (Å²) < 4.78 is -0.844. The van der Waals surface area contributed by atoms with Crippen molar-refractivity contribution < 1.29 is 29.1 Å². The SMILES string of the molecule is CON=C(C(=O)NC1C(=O)N2C(C(=O)O)=CCS[C@@H]12)C(=O)C(Br)Br. The van der Waals surface area contributed by atoms with E-state index in [1.54, 1.807) is 0 Å². The first-order valence-corrected chi connectivity index (χ1v) is 9.30. The molecule has 1 saturated heterocycles. The summed E-state index contributed by atoms with van der Waals surface area (Å²) in [6.45, 7) is 0. The van der Waals surface area contributed by atoms with Gasteiger partial charge in [0.05, 0.1) is 0 Å². The Morgan fingerprint density at radius 1 is 1.50 bits per heavy atom. The van der Waals surface area contributed by atoms with Crippen molar-refractivity contribution in [2.24, 2.45) is 5.16 Å². The predicted molar refractivity (Wildman–Crippen MR) is 91.8 cm³/mol. The van der Waals surface area contributed by atoms with E-state index in [1.807, 2.05) is 0 Å². The number of aliphatic carboxylic acids is 1. The number of carbonyl (C=O) groups is 4. The van der Waals surface area contributed by atoms with Gasteiger partial charge in [0.15, 0.2) is 0 Å². The van der Waals surface area contributed by atoms with Crippen molar-refractivity contribution >= 4 is 72.9 Å². The van der Waals surface area contributed by atoms with Crippen LogP contribution in [0.1, 0.15) is 0 Å². The van der Waals surface area contributed by atoms with Crippen molar-refractivity contribution in [3.8, 4) is 0 Å². The van der Waals surface area contributed by atoms with Crippen LogP contribution in [0.3, 0.4) is 0 Å². The van der Waals surface area contributed by atoms with Crippen LogP contribution in [0.5, 0.6) is 0 Å². The summed E-state index contributed by atoms with van der Waals surface area (Å²) in [5.41, 5.74) is -0.630. The fourth-order valence-corrected chi connectivity index (χ4v) is 3.77. The van der Waals surface area contributed by atoms with E-state index in [9.17, 15) is 19.2 Å². The predicted octanol–water partition coefficient (Wildman–Crippen LogP) is 0.0422. The molecule has 0 radical (unpaired) electrons. The van der Waals surface area contributed by atoms with Crippen LogP contribution in [-0.2, 0) is 24.0 Å². The van der Waals surface area contributed by atoms with Crippen LogP contribution in [0.4, 0.5) is 0 Å². The van der Waals surface area contributed by atoms with Crippen molar-refractivity contribution in [2.75, 3.05) is 12.9 Å². The van der Waals surface area contributed by atoms with Gasteiger partial charge in [-0.3, -0.25) is 19.3 Å². The number of rotatable bonds is 6. The van der Waals surface area contributed by atoms with E-state index in [1.165, 1.54) is 24.9 Å². The first-order valence-electron chi connectivity index (χ1n) is 6.42. The molecule has 2 N–H and O–H groups in total. The molecular weight excluding hydrogens is 474 g/mol. The molecule has 1 unspecified atom stereocenters. The maximum absolute atomic E-state index is 12.2. The van der Waals surface area contributed by atoms with Gasteiger partial charge >= 0.3 is 5.97 Å². The Morgan fingerprint density at radius 2 is 2.17 bits per heavy atom. The largest absolute Gasteiger partial charge is 0.477 e. The van der Waals surface area contributed by atoms with E-state index in [0.29, 0.717) is 5.75 Å². The third kappa shape index (κ3) is 3.49. The number of nitrogens with zero attached hydrogens (tertiary/aromatic N) is 2. The second-order valence-electron chi connectivity index (χ2n) is 4.57.